The SMILES string of the molecule is C/C(=N\NC(=O)c1ccc2c(c1)OCCO2)c1c[nH]c2ccccc12. The molecule has 25 heavy (non-hydrogen) atoms. The summed E-state index contributed by atoms with van der Waals surface area (Å²) in [5.74, 6) is 0.939. The van der Waals surface area contributed by atoms with Gasteiger partial charge in [0.15, 0.2) is 11.5 Å². The fourth-order valence-corrected chi connectivity index (χ4v) is 2.81. The molecule has 0 atom stereocenters. The fourth-order valence-electron chi connectivity index (χ4n) is 2.81. The average Bonchev–Trinajstić information content (AvgIpc) is 3.09. The van der Waals surface area contributed by atoms with Crippen LogP contribution in [0.5, 0.6) is 11.5 Å². The van der Waals surface area contributed by atoms with E-state index in [1.807, 2.05) is 37.4 Å². The van der Waals surface area contributed by atoms with E-state index < -0.39 is 0 Å². The van der Waals surface area contributed by atoms with E-state index in [4.69, 9.17) is 9.47 Å². The predicted molar refractivity (Wildman–Crippen MR) is 95.4 cm³/mol. The molecule has 6 heteroatoms. The van der Waals surface area contributed by atoms with Gasteiger partial charge in [0.1, 0.15) is 13.2 Å². The molecule has 0 aliphatic carbocycles. The quantitative estimate of drug-likeness (QED) is 0.570. The summed E-state index contributed by atoms with van der Waals surface area (Å²) < 4.78 is 11.0. The van der Waals surface area contributed by atoms with Crippen LogP contribution < -0.4 is 14.9 Å². The van der Waals surface area contributed by atoms with Gasteiger partial charge in [0.25, 0.3) is 5.91 Å². The fraction of sp³-hybridized carbons (Fsp3) is 0.158. The van der Waals surface area contributed by atoms with Crippen LogP contribution in [-0.2, 0) is 0 Å². The Labute approximate surface area is 144 Å². The molecule has 126 valence electrons. The highest BCUT2D eigenvalue weighted by atomic mass is 16.6. The summed E-state index contributed by atoms with van der Waals surface area (Å²) in [6.07, 6.45) is 1.89. The lowest BCUT2D eigenvalue weighted by Crippen LogP contribution is -2.20. The number of amides is 1. The maximum Gasteiger partial charge on any atom is 0.271 e. The standard InChI is InChI=1S/C19H17N3O3/c1-12(15-11-20-16-5-3-2-4-14(15)16)21-22-19(23)13-6-7-17-18(10-13)25-9-8-24-17/h2-7,10-11,20H,8-9H2,1H3,(H,22,23)/b21-12+. The van der Waals surface area contributed by atoms with Crippen molar-refractivity contribution in [1.29, 1.82) is 0 Å². The van der Waals surface area contributed by atoms with Crippen molar-refractivity contribution in [2.45, 2.75) is 6.92 Å². The largest absolute Gasteiger partial charge is 0.486 e. The number of aromatic amines is 1. The van der Waals surface area contributed by atoms with Gasteiger partial charge in [0.2, 0.25) is 0 Å². The predicted octanol–water partition coefficient (Wildman–Crippen LogP) is 3.09. The Kier molecular flexibility index (Phi) is 3.85. The van der Waals surface area contributed by atoms with Gasteiger partial charge < -0.3 is 14.5 Å². The van der Waals surface area contributed by atoms with Crippen molar-refractivity contribution >= 4 is 22.5 Å². The number of ether oxygens (including phenoxy) is 2. The number of para-hydroxylation sites is 1. The second-order valence-corrected chi connectivity index (χ2v) is 5.74. The first-order chi connectivity index (χ1) is 12.2. The molecule has 0 radical (unpaired) electrons. The van der Waals surface area contributed by atoms with Crippen molar-refractivity contribution in [3.63, 3.8) is 0 Å². The van der Waals surface area contributed by atoms with Crippen LogP contribution in [0.3, 0.4) is 0 Å². The molecule has 2 heterocycles. The van der Waals surface area contributed by atoms with Crippen LogP contribution in [-0.4, -0.2) is 29.8 Å². The third-order valence-corrected chi connectivity index (χ3v) is 4.11. The number of hydrogen-bond acceptors (Lipinski definition) is 4. The number of hydrogen-bond donors (Lipinski definition) is 2. The highest BCUT2D eigenvalue weighted by Gasteiger charge is 2.15. The molecule has 1 aliphatic rings. The number of nitrogens with one attached hydrogen (secondary N) is 2. The average molecular weight is 335 g/mol. The van der Waals surface area contributed by atoms with E-state index in [1.54, 1.807) is 18.2 Å². The first-order valence-electron chi connectivity index (χ1n) is 8.03. The summed E-state index contributed by atoms with van der Waals surface area (Å²) in [6.45, 7) is 2.86. The molecule has 6 nitrogen and oxygen atoms in total. The summed E-state index contributed by atoms with van der Waals surface area (Å²) in [6, 6.07) is 13.1. The number of fused-ring (bicyclic) bond motifs is 2. The van der Waals surface area contributed by atoms with Gasteiger partial charge in [-0.25, -0.2) is 5.43 Å². The van der Waals surface area contributed by atoms with E-state index in [9.17, 15) is 4.79 Å². The first kappa shape index (κ1) is 15.3. The van der Waals surface area contributed by atoms with E-state index in [1.165, 1.54) is 0 Å². The van der Waals surface area contributed by atoms with Crippen LogP contribution in [0.2, 0.25) is 0 Å². The maximum absolute atomic E-state index is 12.3. The highest BCUT2D eigenvalue weighted by molar-refractivity contribution is 6.10. The number of hydrazone groups is 1. The zero-order valence-electron chi connectivity index (χ0n) is 13.7. The molecule has 3 aromatic rings. The molecule has 2 N–H and O–H groups in total. The van der Waals surface area contributed by atoms with Crippen LogP contribution in [0, 0.1) is 0 Å². The van der Waals surface area contributed by atoms with E-state index in [0.717, 1.165) is 22.2 Å². The van der Waals surface area contributed by atoms with Gasteiger partial charge >= 0.3 is 0 Å². The monoisotopic (exact) mass is 335 g/mol. The molecular formula is C19H17N3O3. The van der Waals surface area contributed by atoms with Crippen molar-refractivity contribution < 1.29 is 14.3 Å². The molecule has 0 unspecified atom stereocenters. The first-order valence-corrected chi connectivity index (χ1v) is 8.03. The van der Waals surface area contributed by atoms with Gasteiger partial charge in [0, 0.05) is 28.2 Å². The lowest BCUT2D eigenvalue weighted by molar-refractivity contribution is 0.0953. The van der Waals surface area contributed by atoms with Crippen molar-refractivity contribution in [2.75, 3.05) is 13.2 Å². The lowest BCUT2D eigenvalue weighted by atomic mass is 10.1. The molecule has 1 amide bonds. The molecule has 1 aliphatic heterocycles. The minimum Gasteiger partial charge on any atom is -0.486 e. The number of H-pyrrole nitrogens is 1. The molecule has 4 rings (SSSR count). The Morgan fingerprint density at radius 1 is 1.12 bits per heavy atom. The maximum atomic E-state index is 12.3. The summed E-state index contributed by atoms with van der Waals surface area (Å²) in [5, 5.41) is 5.30. The third kappa shape index (κ3) is 2.94. The molecule has 0 saturated heterocycles. The smallest absolute Gasteiger partial charge is 0.271 e. The molecule has 0 fully saturated rings. The second-order valence-electron chi connectivity index (χ2n) is 5.74. The minimum absolute atomic E-state index is 0.295. The van der Waals surface area contributed by atoms with Gasteiger partial charge in [-0.1, -0.05) is 18.2 Å². The van der Waals surface area contributed by atoms with Gasteiger partial charge in [-0.2, -0.15) is 5.10 Å². The van der Waals surface area contributed by atoms with Crippen LogP contribution in [0.1, 0.15) is 22.8 Å². The third-order valence-electron chi connectivity index (χ3n) is 4.11. The van der Waals surface area contributed by atoms with Crippen molar-refractivity contribution in [1.82, 2.24) is 10.4 Å². The highest BCUT2D eigenvalue weighted by Crippen LogP contribution is 2.30. The summed E-state index contributed by atoms with van der Waals surface area (Å²) in [5.41, 5.74) is 5.78. The minimum atomic E-state index is -0.295. The van der Waals surface area contributed by atoms with E-state index in [0.29, 0.717) is 30.3 Å². The normalized spacial score (nSPS) is 13.7. The number of nitrogens with zero attached hydrogens (tertiary/aromatic N) is 1. The Hall–Kier alpha value is -3.28. The van der Waals surface area contributed by atoms with E-state index in [2.05, 4.69) is 15.5 Å². The van der Waals surface area contributed by atoms with Gasteiger partial charge in [-0.05, 0) is 31.2 Å². The molecule has 0 bridgehead atoms. The Bertz CT molecular complexity index is 975. The lowest BCUT2D eigenvalue weighted by Gasteiger charge is -2.18. The number of rotatable bonds is 3. The molecular weight excluding hydrogens is 318 g/mol. The topological polar surface area (TPSA) is 75.7 Å². The Morgan fingerprint density at radius 2 is 1.92 bits per heavy atom. The number of carbonyl (C=O) groups is 1. The van der Waals surface area contributed by atoms with Crippen LogP contribution in [0.25, 0.3) is 10.9 Å². The second kappa shape index (κ2) is 6.32. The number of benzene rings is 2. The van der Waals surface area contributed by atoms with Crippen molar-refractivity contribution in [3.8, 4) is 11.5 Å². The molecule has 2 aromatic carbocycles. The van der Waals surface area contributed by atoms with Crippen molar-refractivity contribution in [3.05, 3.63) is 59.8 Å². The number of carbonyl (C=O) groups excluding carboxylic acids is 1. The number of aromatic nitrogens is 1. The molecule has 0 saturated carbocycles. The van der Waals surface area contributed by atoms with Gasteiger partial charge in [0.05, 0.1) is 5.71 Å². The van der Waals surface area contributed by atoms with Gasteiger partial charge in [-0.15, -0.1) is 0 Å². The summed E-state index contributed by atoms with van der Waals surface area (Å²) in [4.78, 5) is 15.5. The summed E-state index contributed by atoms with van der Waals surface area (Å²) in [7, 11) is 0. The molecule has 1 aromatic heterocycles. The van der Waals surface area contributed by atoms with Crippen LogP contribution >= 0.6 is 0 Å². The van der Waals surface area contributed by atoms with Crippen molar-refractivity contribution in [2.24, 2.45) is 5.10 Å². The Balaban J connectivity index is 1.53. The van der Waals surface area contributed by atoms with Crippen LogP contribution in [0.15, 0.2) is 53.8 Å². The van der Waals surface area contributed by atoms with E-state index in [-0.39, 0.29) is 5.91 Å². The zero-order valence-corrected chi connectivity index (χ0v) is 13.7. The van der Waals surface area contributed by atoms with Crippen LogP contribution in [0.4, 0.5) is 0 Å². The Morgan fingerprint density at radius 3 is 2.80 bits per heavy atom. The van der Waals surface area contributed by atoms with E-state index >= 15 is 0 Å². The molecule has 0 spiro atoms. The zero-order chi connectivity index (χ0) is 17.2. The van der Waals surface area contributed by atoms with Gasteiger partial charge in [-0.3, -0.25) is 4.79 Å². The summed E-state index contributed by atoms with van der Waals surface area (Å²) >= 11 is 0.